The summed E-state index contributed by atoms with van der Waals surface area (Å²) >= 11 is 0. The summed E-state index contributed by atoms with van der Waals surface area (Å²) in [6, 6.07) is 11.4. The van der Waals surface area contributed by atoms with Crippen LogP contribution in [0.25, 0.3) is 6.08 Å². The first-order chi connectivity index (χ1) is 16.8. The molecule has 2 aromatic rings. The number of hydrogen-bond donors (Lipinski definition) is 0. The number of esters is 1. The van der Waals surface area contributed by atoms with Gasteiger partial charge in [0.1, 0.15) is 23.3 Å². The van der Waals surface area contributed by atoms with E-state index in [0.717, 1.165) is 0 Å². The molecule has 6 nitrogen and oxygen atoms in total. The average Bonchev–Trinajstić information content (AvgIpc) is 2.82. The fourth-order valence-corrected chi connectivity index (χ4v) is 8.11. The van der Waals surface area contributed by atoms with Gasteiger partial charge < -0.3 is 18.6 Å². The molecule has 0 aromatic heterocycles. The fraction of sp³-hybridized carbons (Fsp3) is 0.385. The second-order valence-electron chi connectivity index (χ2n) is 8.79. The molecule has 0 spiro atoms. The Labute approximate surface area is 210 Å². The molecule has 2 rings (SSSR count). The van der Waals surface area contributed by atoms with E-state index in [-0.39, 0.29) is 28.4 Å². The molecule has 0 unspecified atom stereocenters. The van der Waals surface area contributed by atoms with E-state index in [4.69, 9.17) is 9.16 Å². The van der Waals surface area contributed by atoms with Crippen LogP contribution in [-0.4, -0.2) is 34.9 Å². The molecule has 0 heterocycles. The minimum atomic E-state index is -4.89. The van der Waals surface area contributed by atoms with Crippen molar-refractivity contribution in [1.29, 1.82) is 5.26 Å². The summed E-state index contributed by atoms with van der Waals surface area (Å²) in [6.07, 6.45) is -2.24. The number of nitrogens with zero attached hydrogens (tertiary/aromatic N) is 1. The third-order valence-corrected chi connectivity index (χ3v) is 11.4. The van der Waals surface area contributed by atoms with Crippen LogP contribution in [0.3, 0.4) is 0 Å². The standard InChI is InChI=1S/C26H30F3NO5Si/c1-17(2)36(18(3)4,35-24-11-9-22(32-5)14-20(24)15-30)16-21-13-19(8-12-25(31)33-6)7-10-23(21)34-26(27,28)29/h7-14,17-18H,16H2,1-6H3/b12-8+. The van der Waals surface area contributed by atoms with Gasteiger partial charge in [-0.15, -0.1) is 13.2 Å². The molecule has 0 amide bonds. The first-order valence-corrected chi connectivity index (χ1v) is 13.5. The smallest absolute Gasteiger partial charge is 0.542 e. The molecule has 10 heteroatoms. The van der Waals surface area contributed by atoms with E-state index in [9.17, 15) is 23.2 Å². The highest BCUT2D eigenvalue weighted by Gasteiger charge is 2.46. The topological polar surface area (TPSA) is 77.8 Å². The maximum Gasteiger partial charge on any atom is 0.573 e. The zero-order valence-electron chi connectivity index (χ0n) is 21.1. The number of benzene rings is 2. The molecule has 0 aliphatic rings. The van der Waals surface area contributed by atoms with Crippen molar-refractivity contribution in [3.63, 3.8) is 0 Å². The Hall–Kier alpha value is -3.45. The van der Waals surface area contributed by atoms with Gasteiger partial charge in [0.05, 0.1) is 19.8 Å². The van der Waals surface area contributed by atoms with E-state index < -0.39 is 20.6 Å². The number of hydrogen-bond acceptors (Lipinski definition) is 6. The lowest BCUT2D eigenvalue weighted by molar-refractivity contribution is -0.274. The van der Waals surface area contributed by atoms with Gasteiger partial charge in [-0.25, -0.2) is 4.79 Å². The molecule has 0 atom stereocenters. The first kappa shape index (κ1) is 28.8. The number of carbonyl (C=O) groups is 1. The highest BCUT2D eigenvalue weighted by atomic mass is 28.4. The molecule has 0 saturated carbocycles. The molecule has 36 heavy (non-hydrogen) atoms. The third-order valence-electron chi connectivity index (χ3n) is 5.95. The van der Waals surface area contributed by atoms with Gasteiger partial charge in [-0.1, -0.05) is 33.8 Å². The summed E-state index contributed by atoms with van der Waals surface area (Å²) < 4.78 is 60.4. The highest BCUT2D eigenvalue weighted by molar-refractivity contribution is 6.76. The van der Waals surface area contributed by atoms with Crippen LogP contribution in [0, 0.1) is 11.3 Å². The largest absolute Gasteiger partial charge is 0.573 e. The number of ether oxygens (including phenoxy) is 3. The number of halogens is 3. The Bertz CT molecular complexity index is 1130. The SMILES string of the molecule is COC(=O)/C=C/c1ccc(OC(F)(F)F)c(C[Si](Oc2ccc(OC)cc2C#N)(C(C)C)C(C)C)c1. The van der Waals surface area contributed by atoms with Crippen LogP contribution in [0.5, 0.6) is 17.2 Å². The zero-order valence-corrected chi connectivity index (χ0v) is 22.1. The van der Waals surface area contributed by atoms with Crippen LogP contribution in [0.1, 0.15) is 44.4 Å². The molecule has 0 fully saturated rings. The molecule has 0 N–H and O–H groups in total. The lowest BCUT2D eigenvalue weighted by Gasteiger charge is -2.39. The van der Waals surface area contributed by atoms with E-state index in [1.807, 2.05) is 27.7 Å². The van der Waals surface area contributed by atoms with E-state index in [1.54, 1.807) is 24.3 Å². The lowest BCUT2D eigenvalue weighted by Crippen LogP contribution is -2.50. The Morgan fingerprint density at radius 2 is 1.69 bits per heavy atom. The Kier molecular flexibility index (Phi) is 9.59. The molecule has 194 valence electrons. The van der Waals surface area contributed by atoms with Crippen molar-refractivity contribution >= 4 is 20.4 Å². The molecule has 0 aliphatic carbocycles. The summed E-state index contributed by atoms with van der Waals surface area (Å²) in [7, 11) is -0.223. The number of alkyl halides is 3. The van der Waals surface area contributed by atoms with Gasteiger partial charge in [-0.3, -0.25) is 0 Å². The summed E-state index contributed by atoms with van der Waals surface area (Å²) in [6.45, 7) is 7.86. The summed E-state index contributed by atoms with van der Waals surface area (Å²) in [5, 5.41) is 9.67. The van der Waals surface area contributed by atoms with Crippen LogP contribution >= 0.6 is 0 Å². The van der Waals surface area contributed by atoms with Gasteiger partial charge in [0, 0.05) is 18.2 Å². The number of nitriles is 1. The second kappa shape index (κ2) is 12.0. The quantitative estimate of drug-likeness (QED) is 0.200. The van der Waals surface area contributed by atoms with Crippen molar-refractivity contribution < 1.29 is 36.6 Å². The van der Waals surface area contributed by atoms with E-state index >= 15 is 0 Å². The first-order valence-electron chi connectivity index (χ1n) is 11.3. The third kappa shape index (κ3) is 7.27. The van der Waals surface area contributed by atoms with Crippen LogP contribution in [0.4, 0.5) is 13.2 Å². The minimum Gasteiger partial charge on any atom is -0.542 e. The lowest BCUT2D eigenvalue weighted by atomic mass is 10.1. The highest BCUT2D eigenvalue weighted by Crippen LogP contribution is 2.41. The maximum absolute atomic E-state index is 13.2. The van der Waals surface area contributed by atoms with Crippen molar-refractivity contribution in [2.24, 2.45) is 0 Å². The molecular weight excluding hydrogens is 491 g/mol. The molecule has 0 radical (unpaired) electrons. The molecule has 0 bridgehead atoms. The van der Waals surface area contributed by atoms with Crippen molar-refractivity contribution in [2.45, 2.75) is 51.2 Å². The van der Waals surface area contributed by atoms with Gasteiger partial charge in [0.2, 0.25) is 0 Å². The van der Waals surface area contributed by atoms with Gasteiger partial charge in [0.25, 0.3) is 8.32 Å². The predicted molar refractivity (Wildman–Crippen MR) is 132 cm³/mol. The van der Waals surface area contributed by atoms with Gasteiger partial charge in [-0.05, 0) is 52.6 Å². The number of rotatable bonds is 10. The predicted octanol–water partition coefficient (Wildman–Crippen LogP) is 6.58. The minimum absolute atomic E-state index is 0.0425. The Morgan fingerprint density at radius 3 is 2.22 bits per heavy atom. The van der Waals surface area contributed by atoms with Crippen LogP contribution in [-0.2, 0) is 15.6 Å². The molecular formula is C26H30F3NO5Si. The van der Waals surface area contributed by atoms with Crippen molar-refractivity contribution in [2.75, 3.05) is 14.2 Å². The normalized spacial score (nSPS) is 12.1. The second-order valence-corrected chi connectivity index (χ2v) is 13.6. The molecule has 2 aromatic carbocycles. The van der Waals surface area contributed by atoms with Crippen molar-refractivity contribution in [3.05, 3.63) is 59.2 Å². The summed E-state index contributed by atoms with van der Waals surface area (Å²) in [4.78, 5) is 11.5. The van der Waals surface area contributed by atoms with Gasteiger partial charge >= 0.3 is 12.3 Å². The van der Waals surface area contributed by atoms with Crippen molar-refractivity contribution in [3.8, 4) is 23.3 Å². The average molecular weight is 522 g/mol. The van der Waals surface area contributed by atoms with Gasteiger partial charge in [0.15, 0.2) is 0 Å². The van der Waals surface area contributed by atoms with Gasteiger partial charge in [-0.2, -0.15) is 5.26 Å². The van der Waals surface area contributed by atoms with Crippen LogP contribution in [0.15, 0.2) is 42.5 Å². The van der Waals surface area contributed by atoms with Crippen LogP contribution < -0.4 is 13.9 Å². The van der Waals surface area contributed by atoms with E-state index in [1.165, 1.54) is 38.5 Å². The maximum atomic E-state index is 13.2. The number of methoxy groups -OCH3 is 2. The number of carbonyl (C=O) groups excluding carboxylic acids is 1. The van der Waals surface area contributed by atoms with E-state index in [0.29, 0.717) is 22.6 Å². The summed E-state index contributed by atoms with van der Waals surface area (Å²) in [5.74, 6) is -0.0829. The Balaban J connectivity index is 2.63. The molecule has 0 aliphatic heterocycles. The zero-order chi connectivity index (χ0) is 27.1. The fourth-order valence-electron chi connectivity index (χ4n) is 3.96. The summed E-state index contributed by atoms with van der Waals surface area (Å²) in [5.41, 5.74) is 0.982. The van der Waals surface area contributed by atoms with Crippen LogP contribution in [0.2, 0.25) is 11.1 Å². The van der Waals surface area contributed by atoms with Crippen molar-refractivity contribution in [1.82, 2.24) is 0 Å². The Morgan fingerprint density at radius 1 is 1.06 bits per heavy atom. The molecule has 0 saturated heterocycles. The monoisotopic (exact) mass is 521 g/mol. The van der Waals surface area contributed by atoms with E-state index in [2.05, 4.69) is 15.5 Å².